The van der Waals surface area contributed by atoms with E-state index in [1.54, 1.807) is 6.07 Å². The lowest BCUT2D eigenvalue weighted by molar-refractivity contribution is 0.628. The van der Waals surface area contributed by atoms with Crippen LogP contribution in [0.5, 0.6) is 0 Å². The Hall–Kier alpha value is -2.20. The molecular weight excluding hydrogens is 277 g/mol. The van der Waals surface area contributed by atoms with Crippen molar-refractivity contribution in [3.63, 3.8) is 0 Å². The molecule has 2 aromatic carbocycles. The summed E-state index contributed by atoms with van der Waals surface area (Å²) >= 11 is 5.68. The van der Waals surface area contributed by atoms with E-state index in [1.165, 1.54) is 12.1 Å². The number of nitrogen functional groups attached to an aromatic ring is 1. The molecule has 0 aliphatic rings. The fraction of sp³-hybridized carbons (Fsp3) is 0.0667. The molecule has 3 aromatic rings. The lowest BCUT2D eigenvalue weighted by Gasteiger charge is -2.07. The third-order valence-electron chi connectivity index (χ3n) is 3.14. The first-order valence-corrected chi connectivity index (χ1v) is 6.42. The fourth-order valence-corrected chi connectivity index (χ4v) is 2.20. The largest absolute Gasteiger partial charge is 0.383 e. The van der Waals surface area contributed by atoms with Crippen molar-refractivity contribution in [1.82, 2.24) is 9.97 Å². The molecule has 0 aliphatic heterocycles. The number of aromatic nitrogens is 2. The molecule has 0 unspecified atom stereocenters. The second-order valence-corrected chi connectivity index (χ2v) is 4.94. The van der Waals surface area contributed by atoms with Gasteiger partial charge in [-0.15, -0.1) is 0 Å². The molecule has 3 nitrogen and oxygen atoms in total. The molecule has 2 N–H and O–H groups in total. The van der Waals surface area contributed by atoms with Crippen molar-refractivity contribution in [1.29, 1.82) is 0 Å². The summed E-state index contributed by atoms with van der Waals surface area (Å²) in [5.41, 5.74) is 8.27. The summed E-state index contributed by atoms with van der Waals surface area (Å²) in [5, 5.41) is 0.863. The van der Waals surface area contributed by atoms with Gasteiger partial charge in [-0.2, -0.15) is 0 Å². The van der Waals surface area contributed by atoms with Gasteiger partial charge in [-0.1, -0.05) is 23.7 Å². The van der Waals surface area contributed by atoms with Gasteiger partial charge in [-0.3, -0.25) is 0 Å². The summed E-state index contributed by atoms with van der Waals surface area (Å²) in [6.07, 6.45) is 0. The topological polar surface area (TPSA) is 51.8 Å². The maximum atomic E-state index is 13.5. The molecule has 1 aromatic heterocycles. The van der Waals surface area contributed by atoms with Crippen LogP contribution in [0.2, 0.25) is 5.02 Å². The van der Waals surface area contributed by atoms with Gasteiger partial charge in [0.25, 0.3) is 0 Å². The third-order valence-corrected chi connectivity index (χ3v) is 3.44. The summed E-state index contributed by atoms with van der Waals surface area (Å²) in [7, 11) is 0. The van der Waals surface area contributed by atoms with Gasteiger partial charge in [0.2, 0.25) is 0 Å². The number of anilines is 1. The van der Waals surface area contributed by atoms with Crippen LogP contribution in [-0.2, 0) is 0 Å². The number of nitrogens with two attached hydrogens (primary N) is 1. The van der Waals surface area contributed by atoms with E-state index in [-0.39, 0.29) is 5.02 Å². The van der Waals surface area contributed by atoms with Crippen molar-refractivity contribution in [3.05, 3.63) is 52.8 Å². The van der Waals surface area contributed by atoms with Gasteiger partial charge in [0.15, 0.2) is 5.82 Å². The van der Waals surface area contributed by atoms with Crippen molar-refractivity contribution < 1.29 is 4.39 Å². The number of rotatable bonds is 1. The lowest BCUT2D eigenvalue weighted by atomic mass is 10.1. The number of fused-ring (bicyclic) bond motifs is 1. The summed E-state index contributed by atoms with van der Waals surface area (Å²) < 4.78 is 13.5. The highest BCUT2D eigenvalue weighted by molar-refractivity contribution is 6.30. The first-order valence-electron chi connectivity index (χ1n) is 6.04. The van der Waals surface area contributed by atoms with Gasteiger partial charge in [0.05, 0.1) is 10.5 Å². The molecule has 1 heterocycles. The van der Waals surface area contributed by atoms with Crippen molar-refractivity contribution in [2.24, 2.45) is 0 Å². The van der Waals surface area contributed by atoms with Gasteiger partial charge < -0.3 is 5.73 Å². The van der Waals surface area contributed by atoms with Crippen molar-refractivity contribution in [2.45, 2.75) is 6.92 Å². The Kier molecular flexibility index (Phi) is 3.03. The highest BCUT2D eigenvalue weighted by Crippen LogP contribution is 2.27. The number of benzene rings is 2. The molecule has 0 spiro atoms. The summed E-state index contributed by atoms with van der Waals surface area (Å²) in [6.45, 7) is 1.95. The number of nitrogens with zero attached hydrogens (tertiary/aromatic N) is 2. The van der Waals surface area contributed by atoms with Crippen LogP contribution < -0.4 is 5.73 Å². The smallest absolute Gasteiger partial charge is 0.162 e. The second-order valence-electron chi connectivity index (χ2n) is 4.53. The molecule has 0 fully saturated rings. The number of halogens is 2. The predicted molar refractivity (Wildman–Crippen MR) is 79.1 cm³/mol. The first-order chi connectivity index (χ1) is 9.56. The number of hydrogen-bond acceptors (Lipinski definition) is 3. The normalized spacial score (nSPS) is 10.9. The minimum Gasteiger partial charge on any atom is -0.383 e. The number of aryl methyl sites for hydroxylation is 1. The van der Waals surface area contributed by atoms with Crippen molar-refractivity contribution in [2.75, 3.05) is 5.73 Å². The zero-order chi connectivity index (χ0) is 14.3. The summed E-state index contributed by atoms with van der Waals surface area (Å²) in [5.74, 6) is 0.264. The second kappa shape index (κ2) is 4.72. The van der Waals surface area contributed by atoms with Crippen LogP contribution in [0.1, 0.15) is 5.56 Å². The fourth-order valence-electron chi connectivity index (χ4n) is 2.08. The Morgan fingerprint density at radius 3 is 2.70 bits per heavy atom. The van der Waals surface area contributed by atoms with Crippen molar-refractivity contribution >= 4 is 28.3 Å². The summed E-state index contributed by atoms with van der Waals surface area (Å²) in [6, 6.07) is 10.2. The van der Waals surface area contributed by atoms with Gasteiger partial charge in [-0.05, 0) is 36.8 Å². The summed E-state index contributed by atoms with van der Waals surface area (Å²) in [4.78, 5) is 8.72. The first kappa shape index (κ1) is 12.8. The maximum absolute atomic E-state index is 13.5. The average molecular weight is 288 g/mol. The Labute approximate surface area is 120 Å². The van der Waals surface area contributed by atoms with Gasteiger partial charge in [0.1, 0.15) is 11.6 Å². The lowest BCUT2D eigenvalue weighted by Crippen LogP contribution is -1.99. The Bertz CT molecular complexity index is 818. The van der Waals surface area contributed by atoms with Gasteiger partial charge in [0, 0.05) is 10.9 Å². The zero-order valence-electron chi connectivity index (χ0n) is 10.7. The molecule has 100 valence electrons. The van der Waals surface area contributed by atoms with E-state index >= 15 is 0 Å². The van der Waals surface area contributed by atoms with Crippen LogP contribution in [-0.4, -0.2) is 9.97 Å². The average Bonchev–Trinajstić information content (AvgIpc) is 2.43. The Morgan fingerprint density at radius 1 is 1.15 bits per heavy atom. The molecule has 0 amide bonds. The Morgan fingerprint density at radius 2 is 1.95 bits per heavy atom. The quantitative estimate of drug-likeness (QED) is 0.736. The molecule has 0 atom stereocenters. The van der Waals surface area contributed by atoms with E-state index in [9.17, 15) is 4.39 Å². The minimum atomic E-state index is -0.504. The molecule has 0 saturated heterocycles. The maximum Gasteiger partial charge on any atom is 0.162 e. The van der Waals surface area contributed by atoms with Gasteiger partial charge in [-0.25, -0.2) is 14.4 Å². The molecule has 0 saturated carbocycles. The molecular formula is C15H11ClFN3. The SMILES string of the molecule is Cc1cccc2c(N)nc(-c3ccc(Cl)c(F)c3)nc12. The highest BCUT2D eigenvalue weighted by atomic mass is 35.5. The van der Waals surface area contributed by atoms with Crippen LogP contribution in [0.25, 0.3) is 22.3 Å². The number of hydrogen-bond donors (Lipinski definition) is 1. The van der Waals surface area contributed by atoms with Crippen LogP contribution in [0.4, 0.5) is 10.2 Å². The van der Waals surface area contributed by atoms with Crippen LogP contribution in [0.15, 0.2) is 36.4 Å². The molecule has 0 bridgehead atoms. The predicted octanol–water partition coefficient (Wildman–Crippen LogP) is 3.98. The van der Waals surface area contributed by atoms with E-state index in [0.29, 0.717) is 17.2 Å². The van der Waals surface area contributed by atoms with Gasteiger partial charge >= 0.3 is 0 Å². The third kappa shape index (κ3) is 2.08. The van der Waals surface area contributed by atoms with Crippen LogP contribution in [0.3, 0.4) is 0 Å². The molecule has 3 rings (SSSR count). The molecule has 0 radical (unpaired) electrons. The van der Waals surface area contributed by atoms with E-state index in [1.807, 2.05) is 25.1 Å². The molecule has 20 heavy (non-hydrogen) atoms. The van der Waals surface area contributed by atoms with Crippen LogP contribution >= 0.6 is 11.6 Å². The zero-order valence-corrected chi connectivity index (χ0v) is 11.4. The Balaban J connectivity index is 2.26. The number of para-hydroxylation sites is 1. The van der Waals surface area contributed by atoms with E-state index < -0.39 is 5.82 Å². The minimum absolute atomic E-state index is 0.0682. The molecule has 0 aliphatic carbocycles. The van der Waals surface area contributed by atoms with E-state index in [0.717, 1.165) is 16.5 Å². The van der Waals surface area contributed by atoms with E-state index in [4.69, 9.17) is 17.3 Å². The monoisotopic (exact) mass is 287 g/mol. The highest BCUT2D eigenvalue weighted by Gasteiger charge is 2.10. The van der Waals surface area contributed by atoms with E-state index in [2.05, 4.69) is 9.97 Å². The van der Waals surface area contributed by atoms with Crippen molar-refractivity contribution in [3.8, 4) is 11.4 Å². The standard InChI is InChI=1S/C15H11ClFN3/c1-8-3-2-4-10-13(8)19-15(20-14(10)18)9-5-6-11(16)12(17)7-9/h2-7H,1H3,(H2,18,19,20). The molecule has 5 heteroatoms. The van der Waals surface area contributed by atoms with Crippen LogP contribution in [0, 0.1) is 12.7 Å².